The summed E-state index contributed by atoms with van der Waals surface area (Å²) in [7, 11) is 0. The zero-order chi connectivity index (χ0) is 32.3. The molecule has 4 heteroatoms. The first-order chi connectivity index (χ1) is 22.8. The minimum atomic E-state index is 0.675. The van der Waals surface area contributed by atoms with E-state index in [1.54, 1.807) is 0 Å². The fourth-order valence-corrected chi connectivity index (χ4v) is 5.39. The molecule has 0 atom stereocenters. The maximum atomic E-state index is 10.5. The van der Waals surface area contributed by atoms with Crippen LogP contribution in [0, 0.1) is 0 Å². The van der Waals surface area contributed by atoms with E-state index < -0.39 is 0 Å². The van der Waals surface area contributed by atoms with Crippen LogP contribution in [0.5, 0.6) is 11.5 Å². The second-order valence-corrected chi connectivity index (χ2v) is 12.0. The molecule has 46 heavy (non-hydrogen) atoms. The average molecular weight is 623 g/mol. The molecule has 0 aliphatic carbocycles. The lowest BCUT2D eigenvalue weighted by atomic mass is 10.0. The highest BCUT2D eigenvalue weighted by Crippen LogP contribution is 2.33. The SMILES string of the molecule is O=CCCCCCCCCCOc1cc(/C=C/c2ccccc2)c(OCCCCCCCCCC=O)cc1/C=C/c1ccccc1. The summed E-state index contributed by atoms with van der Waals surface area (Å²) in [4.78, 5) is 21.0. The van der Waals surface area contributed by atoms with Crippen LogP contribution in [0.25, 0.3) is 24.3 Å². The van der Waals surface area contributed by atoms with Gasteiger partial charge in [0, 0.05) is 24.0 Å². The third-order valence-corrected chi connectivity index (χ3v) is 8.10. The molecule has 0 spiro atoms. The van der Waals surface area contributed by atoms with Gasteiger partial charge in [-0.15, -0.1) is 0 Å². The van der Waals surface area contributed by atoms with Gasteiger partial charge in [0.05, 0.1) is 13.2 Å². The molecule has 0 heterocycles. The lowest BCUT2D eigenvalue weighted by Gasteiger charge is -2.15. The fraction of sp³-hybridized carbons (Fsp3) is 0.429. The van der Waals surface area contributed by atoms with Gasteiger partial charge in [0.15, 0.2) is 0 Å². The molecule has 3 aromatic carbocycles. The number of benzene rings is 3. The minimum absolute atomic E-state index is 0.675. The Hall–Kier alpha value is -3.92. The van der Waals surface area contributed by atoms with Crippen LogP contribution < -0.4 is 9.47 Å². The number of hydrogen-bond acceptors (Lipinski definition) is 4. The van der Waals surface area contributed by atoms with Crippen LogP contribution in [0.2, 0.25) is 0 Å². The second-order valence-electron chi connectivity index (χ2n) is 12.0. The molecule has 3 rings (SSSR count). The van der Waals surface area contributed by atoms with Gasteiger partial charge >= 0.3 is 0 Å². The van der Waals surface area contributed by atoms with Gasteiger partial charge in [-0.3, -0.25) is 0 Å². The Morgan fingerprint density at radius 3 is 1.13 bits per heavy atom. The molecule has 4 nitrogen and oxygen atoms in total. The monoisotopic (exact) mass is 622 g/mol. The van der Waals surface area contributed by atoms with Gasteiger partial charge in [-0.25, -0.2) is 0 Å². The van der Waals surface area contributed by atoms with E-state index in [0.717, 1.165) is 97.7 Å². The molecule has 0 bridgehead atoms. The van der Waals surface area contributed by atoms with Crippen molar-refractivity contribution in [1.29, 1.82) is 0 Å². The topological polar surface area (TPSA) is 52.6 Å². The third kappa shape index (κ3) is 15.9. The van der Waals surface area contributed by atoms with Crippen molar-refractivity contribution >= 4 is 36.9 Å². The van der Waals surface area contributed by atoms with E-state index in [4.69, 9.17) is 9.47 Å². The van der Waals surface area contributed by atoms with Crippen molar-refractivity contribution in [1.82, 2.24) is 0 Å². The minimum Gasteiger partial charge on any atom is -0.493 e. The summed E-state index contributed by atoms with van der Waals surface area (Å²) in [6, 6.07) is 25.0. The number of carbonyl (C=O) groups excluding carboxylic acids is 2. The maximum absolute atomic E-state index is 10.5. The van der Waals surface area contributed by atoms with E-state index in [1.807, 2.05) is 12.1 Å². The molecule has 3 aromatic rings. The smallest absolute Gasteiger partial charge is 0.127 e. The van der Waals surface area contributed by atoms with Gasteiger partial charge < -0.3 is 19.1 Å². The Labute approximate surface area is 277 Å². The van der Waals surface area contributed by atoms with E-state index in [0.29, 0.717) is 26.1 Å². The summed E-state index contributed by atoms with van der Waals surface area (Å²) in [5.41, 5.74) is 4.31. The predicted molar refractivity (Wildman–Crippen MR) is 194 cm³/mol. The van der Waals surface area contributed by atoms with Gasteiger partial charge in [-0.2, -0.15) is 0 Å². The highest BCUT2D eigenvalue weighted by atomic mass is 16.5. The molecule has 0 aromatic heterocycles. The molecule has 0 saturated carbocycles. The largest absolute Gasteiger partial charge is 0.493 e. The molecular weight excluding hydrogens is 568 g/mol. The number of hydrogen-bond donors (Lipinski definition) is 0. The van der Waals surface area contributed by atoms with Gasteiger partial charge in [0.25, 0.3) is 0 Å². The van der Waals surface area contributed by atoms with Crippen LogP contribution in [0.3, 0.4) is 0 Å². The van der Waals surface area contributed by atoms with Gasteiger partial charge in [-0.05, 0) is 48.9 Å². The van der Waals surface area contributed by atoms with Gasteiger partial charge in [0.2, 0.25) is 0 Å². The first-order valence-corrected chi connectivity index (χ1v) is 17.6. The normalized spacial score (nSPS) is 11.3. The number of unbranched alkanes of at least 4 members (excludes halogenated alkanes) is 14. The zero-order valence-electron chi connectivity index (χ0n) is 27.8. The third-order valence-electron chi connectivity index (χ3n) is 8.10. The van der Waals surface area contributed by atoms with Crippen LogP contribution in [-0.4, -0.2) is 25.8 Å². The van der Waals surface area contributed by atoms with Crippen molar-refractivity contribution < 1.29 is 19.1 Å². The Morgan fingerprint density at radius 1 is 0.413 bits per heavy atom. The first-order valence-electron chi connectivity index (χ1n) is 17.6. The van der Waals surface area contributed by atoms with Crippen LogP contribution in [0.15, 0.2) is 72.8 Å². The Balaban J connectivity index is 1.67. The first kappa shape index (κ1) is 36.5. The molecule has 0 aliphatic rings. The number of ether oxygens (including phenoxy) is 2. The maximum Gasteiger partial charge on any atom is 0.127 e. The summed E-state index contributed by atoms with van der Waals surface area (Å²) in [5, 5.41) is 0. The highest BCUT2D eigenvalue weighted by Gasteiger charge is 2.10. The zero-order valence-corrected chi connectivity index (χ0v) is 27.8. The summed E-state index contributed by atoms with van der Waals surface area (Å²) in [5.74, 6) is 1.74. The van der Waals surface area contributed by atoms with E-state index in [2.05, 4.69) is 85.0 Å². The van der Waals surface area contributed by atoms with Gasteiger partial charge in [-0.1, -0.05) is 149 Å². The summed E-state index contributed by atoms with van der Waals surface area (Å²) >= 11 is 0. The van der Waals surface area contributed by atoms with E-state index in [1.165, 1.54) is 38.5 Å². The highest BCUT2D eigenvalue weighted by molar-refractivity contribution is 5.78. The van der Waals surface area contributed by atoms with E-state index >= 15 is 0 Å². The quantitative estimate of drug-likeness (QED) is 0.0508. The molecule has 0 saturated heterocycles. The second kappa shape index (κ2) is 24.3. The van der Waals surface area contributed by atoms with Crippen molar-refractivity contribution in [3.63, 3.8) is 0 Å². The van der Waals surface area contributed by atoms with E-state index in [-0.39, 0.29) is 0 Å². The number of rotatable bonds is 26. The van der Waals surface area contributed by atoms with Crippen molar-refractivity contribution in [2.75, 3.05) is 13.2 Å². The molecule has 0 amide bonds. The molecule has 246 valence electrons. The van der Waals surface area contributed by atoms with Crippen molar-refractivity contribution in [3.8, 4) is 11.5 Å². The lowest BCUT2D eigenvalue weighted by Crippen LogP contribution is -2.03. The Morgan fingerprint density at radius 2 is 0.761 bits per heavy atom. The average Bonchev–Trinajstić information content (AvgIpc) is 3.09. The fourth-order valence-electron chi connectivity index (χ4n) is 5.39. The standard InChI is InChI=1S/C42H54O4/c43-31-19-9-5-1-3-7-11-21-33-45-41-35-40(30-28-38-25-17-14-18-26-38)42(36-39(41)29-27-37-23-15-13-16-24-37)46-34-22-12-8-4-2-6-10-20-32-44/h13-18,23-32,35-36H,1-12,19-22,33-34H2/b29-27+,30-28+. The Kier molecular flexibility index (Phi) is 19.3. The van der Waals surface area contributed by atoms with Crippen molar-refractivity contribution in [2.45, 2.75) is 103 Å². The van der Waals surface area contributed by atoms with Crippen LogP contribution in [-0.2, 0) is 9.59 Å². The molecular formula is C42H54O4. The van der Waals surface area contributed by atoms with E-state index in [9.17, 15) is 9.59 Å². The van der Waals surface area contributed by atoms with Crippen LogP contribution in [0.4, 0.5) is 0 Å². The van der Waals surface area contributed by atoms with Gasteiger partial charge in [0.1, 0.15) is 24.1 Å². The Bertz CT molecular complexity index is 1180. The van der Waals surface area contributed by atoms with Crippen LogP contribution in [0.1, 0.15) is 125 Å². The number of carbonyl (C=O) groups is 2. The van der Waals surface area contributed by atoms with Crippen molar-refractivity contribution in [2.24, 2.45) is 0 Å². The molecule has 0 fully saturated rings. The molecule has 0 aliphatic heterocycles. The molecule has 0 N–H and O–H groups in total. The summed E-state index contributed by atoms with van der Waals surface area (Å²) in [6.07, 6.45) is 27.8. The summed E-state index contributed by atoms with van der Waals surface area (Å²) < 4.78 is 12.9. The van der Waals surface area contributed by atoms with Crippen LogP contribution >= 0.6 is 0 Å². The molecule has 0 unspecified atom stereocenters. The summed E-state index contributed by atoms with van der Waals surface area (Å²) in [6.45, 7) is 1.35. The predicted octanol–water partition coefficient (Wildman–Crippen LogP) is 11.4. The molecule has 0 radical (unpaired) electrons. The van der Waals surface area contributed by atoms with Crippen molar-refractivity contribution in [3.05, 3.63) is 95.1 Å². The number of aldehydes is 2. The lowest BCUT2D eigenvalue weighted by molar-refractivity contribution is -0.108.